The van der Waals surface area contributed by atoms with E-state index in [1.54, 1.807) is 6.92 Å². The molecule has 0 spiro atoms. The van der Waals surface area contributed by atoms with E-state index in [-0.39, 0.29) is 6.10 Å². The fourth-order valence-electron chi connectivity index (χ4n) is 5.28. The predicted molar refractivity (Wildman–Crippen MR) is 182 cm³/mol. The number of ether oxygens (including phenoxy) is 2. The second-order valence-electron chi connectivity index (χ2n) is 12.7. The van der Waals surface area contributed by atoms with Crippen LogP contribution < -0.4 is 11.5 Å². The van der Waals surface area contributed by atoms with Gasteiger partial charge in [0, 0.05) is 18.8 Å². The Morgan fingerprint density at radius 1 is 0.561 bits per heavy atom. The minimum atomic E-state index is -0.652. The molecule has 0 rings (SSSR count). The number of unbranched alkanes of at least 4 members (excludes halogenated alkanes) is 22. The summed E-state index contributed by atoms with van der Waals surface area (Å²) in [5, 5.41) is 10.1. The molecule has 5 N–H and O–H groups in total. The second-order valence-corrected chi connectivity index (χ2v) is 12.7. The molecule has 250 valence electrons. The number of aliphatic hydroxyl groups is 1. The first kappa shape index (κ1) is 42.9. The second kappa shape index (κ2) is 34.3. The van der Waals surface area contributed by atoms with Gasteiger partial charge in [-0.3, -0.25) is 0 Å². The zero-order chi connectivity index (χ0) is 30.9. The Balaban J connectivity index is 0. The van der Waals surface area contributed by atoms with E-state index in [4.69, 9.17) is 15.2 Å². The normalized spacial score (nSPS) is 14.3. The number of hydrogen-bond acceptors (Lipinski definition) is 5. The minimum absolute atomic E-state index is 0.0420. The van der Waals surface area contributed by atoms with Crippen LogP contribution in [0, 0.1) is 0 Å². The summed E-state index contributed by atoms with van der Waals surface area (Å²) in [5.74, 6) is 0. The van der Waals surface area contributed by atoms with Crippen LogP contribution in [0.15, 0.2) is 0 Å². The summed E-state index contributed by atoms with van der Waals surface area (Å²) in [6, 6.07) is 0. The molecule has 5 nitrogen and oxygen atoms in total. The third kappa shape index (κ3) is 32.5. The van der Waals surface area contributed by atoms with Crippen LogP contribution in [0.25, 0.3) is 0 Å². The van der Waals surface area contributed by atoms with Gasteiger partial charge in [-0.2, -0.15) is 0 Å². The van der Waals surface area contributed by atoms with Crippen molar-refractivity contribution in [2.75, 3.05) is 26.9 Å². The van der Waals surface area contributed by atoms with Crippen LogP contribution in [0.4, 0.5) is 0 Å². The van der Waals surface area contributed by atoms with E-state index in [1.165, 1.54) is 148 Å². The number of rotatable bonds is 32. The molecule has 0 radical (unpaired) electrons. The van der Waals surface area contributed by atoms with E-state index in [1.807, 2.05) is 6.92 Å². The summed E-state index contributed by atoms with van der Waals surface area (Å²) in [7, 11) is 1.50. The van der Waals surface area contributed by atoms with Gasteiger partial charge in [-0.15, -0.1) is 0 Å². The quantitative estimate of drug-likeness (QED) is 0.0682. The van der Waals surface area contributed by atoms with E-state index in [9.17, 15) is 5.11 Å². The van der Waals surface area contributed by atoms with Gasteiger partial charge in [0.2, 0.25) is 0 Å². The van der Waals surface area contributed by atoms with E-state index >= 15 is 0 Å². The molecule has 0 bridgehead atoms. The fourth-order valence-corrected chi connectivity index (χ4v) is 5.28. The van der Waals surface area contributed by atoms with Crippen molar-refractivity contribution >= 4 is 0 Å². The van der Waals surface area contributed by atoms with Gasteiger partial charge in [0.1, 0.15) is 0 Å². The van der Waals surface area contributed by atoms with Gasteiger partial charge >= 0.3 is 0 Å². The van der Waals surface area contributed by atoms with Crippen molar-refractivity contribution < 1.29 is 14.6 Å². The Labute approximate surface area is 258 Å². The Kier molecular flexibility index (Phi) is 35.9. The zero-order valence-corrected chi connectivity index (χ0v) is 28.9. The fraction of sp³-hybridized carbons (Fsp3) is 1.00. The highest BCUT2D eigenvalue weighted by atomic mass is 16.5. The molecule has 0 aromatic carbocycles. The van der Waals surface area contributed by atoms with Gasteiger partial charge < -0.3 is 26.0 Å². The Morgan fingerprint density at radius 3 is 1.22 bits per heavy atom. The molecule has 0 aromatic rings. The molecule has 0 aliphatic carbocycles. The smallest absolute Gasteiger partial charge is 0.0826 e. The summed E-state index contributed by atoms with van der Waals surface area (Å²) >= 11 is 0. The molecule has 41 heavy (non-hydrogen) atoms. The van der Waals surface area contributed by atoms with E-state index < -0.39 is 11.6 Å². The van der Waals surface area contributed by atoms with Crippen molar-refractivity contribution in [1.82, 2.24) is 0 Å². The van der Waals surface area contributed by atoms with Gasteiger partial charge in [0.25, 0.3) is 0 Å². The third-order valence-corrected chi connectivity index (χ3v) is 8.42. The molecule has 3 atom stereocenters. The molecule has 3 unspecified atom stereocenters. The van der Waals surface area contributed by atoms with Crippen LogP contribution in [-0.4, -0.2) is 49.7 Å². The minimum Gasteiger partial charge on any atom is -0.392 e. The van der Waals surface area contributed by atoms with Crippen LogP contribution in [0.5, 0.6) is 0 Å². The highest BCUT2D eigenvalue weighted by Crippen LogP contribution is 2.18. The summed E-state index contributed by atoms with van der Waals surface area (Å²) in [6.45, 7) is 10.4. The van der Waals surface area contributed by atoms with Crippen molar-refractivity contribution in [3.05, 3.63) is 0 Å². The highest BCUT2D eigenvalue weighted by molar-refractivity contribution is 4.87. The molecule has 5 heteroatoms. The molecule has 0 saturated carbocycles. The lowest BCUT2D eigenvalue weighted by molar-refractivity contribution is -0.0424. The van der Waals surface area contributed by atoms with Crippen LogP contribution in [0.1, 0.15) is 188 Å². The van der Waals surface area contributed by atoms with Crippen molar-refractivity contribution in [2.45, 2.75) is 206 Å². The first-order valence-electron chi connectivity index (χ1n) is 18.2. The average Bonchev–Trinajstić information content (AvgIpc) is 2.96. The van der Waals surface area contributed by atoms with Crippen LogP contribution in [-0.2, 0) is 9.47 Å². The Morgan fingerprint density at radius 2 is 0.878 bits per heavy atom. The van der Waals surface area contributed by atoms with Gasteiger partial charge in [0.15, 0.2) is 0 Å². The van der Waals surface area contributed by atoms with Gasteiger partial charge in [-0.1, -0.05) is 155 Å². The Bertz CT molecular complexity index is 474. The molecule has 0 aliphatic rings. The maximum atomic E-state index is 10.1. The largest absolute Gasteiger partial charge is 0.392 e. The topological polar surface area (TPSA) is 90.7 Å². The first-order chi connectivity index (χ1) is 19.9. The molecular formula is C36H78N2O3. The third-order valence-electron chi connectivity index (χ3n) is 8.42. The van der Waals surface area contributed by atoms with Crippen LogP contribution in [0.2, 0.25) is 0 Å². The molecule has 0 amide bonds. The van der Waals surface area contributed by atoms with Crippen LogP contribution >= 0.6 is 0 Å². The van der Waals surface area contributed by atoms with Crippen molar-refractivity contribution in [1.29, 1.82) is 0 Å². The number of nitrogens with two attached hydrogens (primary N) is 2. The lowest BCUT2D eigenvalue weighted by Gasteiger charge is -2.32. The van der Waals surface area contributed by atoms with Gasteiger partial charge in [-0.25, -0.2) is 0 Å². The standard InChI is InChI=1S/C35H73NO3.CH5N/c1-5-7-9-11-13-15-17-19-21-23-25-27-29-38-32-34(31-35(4,36)33(3)37)39-30-28-26-24-22-20-18-16-14-12-10-8-6-2;1-2/h33-34,37H,5-32,36H2,1-4H3;2H2,1H3. The lowest BCUT2D eigenvalue weighted by atomic mass is 9.90. The molecule has 0 aromatic heterocycles. The van der Waals surface area contributed by atoms with E-state index in [0.29, 0.717) is 13.0 Å². The summed E-state index contributed by atoms with van der Waals surface area (Å²) in [5.41, 5.74) is 10.2. The van der Waals surface area contributed by atoms with Crippen molar-refractivity contribution in [3.8, 4) is 0 Å². The maximum absolute atomic E-state index is 10.1. The van der Waals surface area contributed by atoms with Crippen LogP contribution in [0.3, 0.4) is 0 Å². The summed E-state index contributed by atoms with van der Waals surface area (Å²) in [6.07, 6.45) is 32.5. The monoisotopic (exact) mass is 587 g/mol. The zero-order valence-electron chi connectivity index (χ0n) is 28.9. The molecule has 0 saturated heterocycles. The SMILES string of the molecule is CCCCCCCCCCCCCCOCC(CC(C)(N)C(C)O)OCCCCCCCCCCCCCC.CN. The average molecular weight is 587 g/mol. The van der Waals surface area contributed by atoms with Gasteiger partial charge in [-0.05, 0) is 40.2 Å². The van der Waals surface area contributed by atoms with E-state index in [0.717, 1.165) is 26.1 Å². The van der Waals surface area contributed by atoms with Crippen molar-refractivity contribution in [2.24, 2.45) is 11.5 Å². The number of hydrogen-bond donors (Lipinski definition) is 3. The number of aliphatic hydroxyl groups excluding tert-OH is 1. The van der Waals surface area contributed by atoms with Crippen molar-refractivity contribution in [3.63, 3.8) is 0 Å². The predicted octanol–water partition coefficient (Wildman–Crippen LogP) is 9.85. The lowest BCUT2D eigenvalue weighted by Crippen LogP contribution is -2.50. The van der Waals surface area contributed by atoms with Gasteiger partial charge in [0.05, 0.1) is 18.8 Å². The molecular weight excluding hydrogens is 508 g/mol. The summed E-state index contributed by atoms with van der Waals surface area (Å²) in [4.78, 5) is 0. The Hall–Kier alpha value is -0.200. The molecule has 0 fully saturated rings. The molecule has 0 heterocycles. The first-order valence-corrected chi connectivity index (χ1v) is 18.2. The van der Waals surface area contributed by atoms with E-state index in [2.05, 4.69) is 19.6 Å². The molecule has 0 aliphatic heterocycles. The highest BCUT2D eigenvalue weighted by Gasteiger charge is 2.29. The summed E-state index contributed by atoms with van der Waals surface area (Å²) < 4.78 is 12.2. The maximum Gasteiger partial charge on any atom is 0.0826 e.